The predicted molar refractivity (Wildman–Crippen MR) is 83.9 cm³/mol. The minimum atomic E-state index is -0.381. The largest absolute Gasteiger partial charge is 0.322 e. The quantitative estimate of drug-likeness (QED) is 0.688. The highest BCUT2D eigenvalue weighted by Crippen LogP contribution is 2.25. The van der Waals surface area contributed by atoms with Gasteiger partial charge in [0.2, 0.25) is 0 Å². The van der Waals surface area contributed by atoms with E-state index in [1.807, 2.05) is 29.6 Å². The summed E-state index contributed by atoms with van der Waals surface area (Å²) < 4.78 is 14.6. The van der Waals surface area contributed by atoms with Crippen LogP contribution in [0.1, 0.15) is 10.4 Å². The van der Waals surface area contributed by atoms with Gasteiger partial charge < -0.3 is 5.32 Å². The Morgan fingerprint density at radius 2 is 2.00 bits per heavy atom. The van der Waals surface area contributed by atoms with E-state index in [4.69, 9.17) is 0 Å². The van der Waals surface area contributed by atoms with E-state index in [0.29, 0.717) is 10.0 Å². The van der Waals surface area contributed by atoms with Gasteiger partial charge in [-0.15, -0.1) is 11.3 Å². The van der Waals surface area contributed by atoms with Crippen molar-refractivity contribution < 1.29 is 9.18 Å². The molecule has 0 aliphatic heterocycles. The molecule has 0 saturated heterocycles. The van der Waals surface area contributed by atoms with Gasteiger partial charge in [-0.05, 0) is 69.2 Å². The van der Waals surface area contributed by atoms with Gasteiger partial charge >= 0.3 is 0 Å². The average Bonchev–Trinajstić information content (AvgIpc) is 2.85. The first-order valence-electron chi connectivity index (χ1n) is 5.87. The van der Waals surface area contributed by atoms with Crippen LogP contribution >= 0.6 is 27.3 Å². The molecule has 1 heterocycles. The van der Waals surface area contributed by atoms with Gasteiger partial charge in [0.15, 0.2) is 0 Å². The summed E-state index contributed by atoms with van der Waals surface area (Å²) in [6.45, 7) is 0. The molecule has 100 valence electrons. The lowest BCUT2D eigenvalue weighted by molar-refractivity contribution is 0.102. The SMILES string of the molecule is O=C(Nc1ccc2sccc2c1)c1ccc(F)cc1Br. The second-order valence-electron chi connectivity index (χ2n) is 4.25. The maximum absolute atomic E-state index is 13.0. The fourth-order valence-electron chi connectivity index (χ4n) is 1.92. The van der Waals surface area contributed by atoms with Crippen molar-refractivity contribution in [2.75, 3.05) is 5.32 Å². The minimum Gasteiger partial charge on any atom is -0.322 e. The van der Waals surface area contributed by atoms with E-state index in [9.17, 15) is 9.18 Å². The molecule has 0 spiro atoms. The van der Waals surface area contributed by atoms with Crippen molar-refractivity contribution in [1.82, 2.24) is 0 Å². The number of hydrogen-bond donors (Lipinski definition) is 1. The van der Waals surface area contributed by atoms with Crippen LogP contribution in [0.2, 0.25) is 0 Å². The number of fused-ring (bicyclic) bond motifs is 1. The summed E-state index contributed by atoms with van der Waals surface area (Å²) in [5, 5.41) is 5.91. The fraction of sp³-hybridized carbons (Fsp3) is 0. The zero-order valence-corrected chi connectivity index (χ0v) is 12.6. The van der Waals surface area contributed by atoms with Gasteiger partial charge in [-0.25, -0.2) is 4.39 Å². The molecule has 0 saturated carbocycles. The van der Waals surface area contributed by atoms with Crippen molar-refractivity contribution in [3.63, 3.8) is 0 Å². The Morgan fingerprint density at radius 3 is 2.80 bits per heavy atom. The Hall–Kier alpha value is -1.72. The number of carbonyl (C=O) groups is 1. The maximum atomic E-state index is 13.0. The molecule has 0 aliphatic rings. The molecule has 3 aromatic rings. The molecule has 5 heteroatoms. The van der Waals surface area contributed by atoms with Crippen LogP contribution in [-0.2, 0) is 0 Å². The maximum Gasteiger partial charge on any atom is 0.256 e. The molecule has 3 rings (SSSR count). The van der Waals surface area contributed by atoms with E-state index < -0.39 is 0 Å². The first-order valence-corrected chi connectivity index (χ1v) is 7.54. The van der Waals surface area contributed by atoms with Gasteiger partial charge in [0.25, 0.3) is 5.91 Å². The zero-order valence-electron chi connectivity index (χ0n) is 10.2. The zero-order chi connectivity index (χ0) is 14.1. The van der Waals surface area contributed by atoms with Gasteiger partial charge in [0.05, 0.1) is 5.56 Å². The lowest BCUT2D eigenvalue weighted by Gasteiger charge is -2.07. The standard InChI is InChI=1S/C15H9BrFNOS/c16-13-8-10(17)1-3-12(13)15(19)18-11-2-4-14-9(7-11)5-6-20-14/h1-8H,(H,18,19). The van der Waals surface area contributed by atoms with Crippen LogP contribution in [0, 0.1) is 5.82 Å². The van der Waals surface area contributed by atoms with Crippen molar-refractivity contribution in [3.8, 4) is 0 Å². The number of benzene rings is 2. The summed E-state index contributed by atoms with van der Waals surface area (Å²) in [6.07, 6.45) is 0. The first kappa shape index (κ1) is 13.3. The van der Waals surface area contributed by atoms with Crippen molar-refractivity contribution in [3.05, 3.63) is 63.7 Å². The number of nitrogens with one attached hydrogen (secondary N) is 1. The molecule has 1 amide bonds. The summed E-state index contributed by atoms with van der Waals surface area (Å²) in [5.41, 5.74) is 1.12. The van der Waals surface area contributed by atoms with E-state index in [0.717, 1.165) is 11.1 Å². The Labute approximate surface area is 127 Å². The van der Waals surface area contributed by atoms with Crippen molar-refractivity contribution in [2.45, 2.75) is 0 Å². The highest BCUT2D eigenvalue weighted by atomic mass is 79.9. The lowest BCUT2D eigenvalue weighted by Crippen LogP contribution is -2.12. The third-order valence-corrected chi connectivity index (χ3v) is 4.44. The normalized spacial score (nSPS) is 10.7. The second-order valence-corrected chi connectivity index (χ2v) is 6.05. The topological polar surface area (TPSA) is 29.1 Å². The van der Waals surface area contributed by atoms with E-state index in [-0.39, 0.29) is 11.7 Å². The van der Waals surface area contributed by atoms with Crippen molar-refractivity contribution >= 4 is 48.9 Å². The summed E-state index contributed by atoms with van der Waals surface area (Å²) in [7, 11) is 0. The monoisotopic (exact) mass is 349 g/mol. The third-order valence-electron chi connectivity index (χ3n) is 2.89. The number of amides is 1. The molecule has 2 aromatic carbocycles. The Kier molecular flexibility index (Phi) is 3.54. The van der Waals surface area contributed by atoms with Crippen LogP contribution < -0.4 is 5.32 Å². The predicted octanol–water partition coefficient (Wildman–Crippen LogP) is 5.06. The van der Waals surface area contributed by atoms with Crippen LogP contribution in [0.25, 0.3) is 10.1 Å². The summed E-state index contributed by atoms with van der Waals surface area (Å²) >= 11 is 4.85. The van der Waals surface area contributed by atoms with E-state index in [1.54, 1.807) is 11.3 Å². The molecular weight excluding hydrogens is 341 g/mol. The second kappa shape index (κ2) is 5.34. The highest BCUT2D eigenvalue weighted by Gasteiger charge is 2.11. The molecule has 0 unspecified atom stereocenters. The number of anilines is 1. The van der Waals surface area contributed by atoms with Crippen LogP contribution in [0.4, 0.5) is 10.1 Å². The van der Waals surface area contributed by atoms with Crippen LogP contribution in [0.15, 0.2) is 52.3 Å². The van der Waals surface area contributed by atoms with Gasteiger partial charge in [0.1, 0.15) is 5.82 Å². The molecule has 1 N–H and O–H groups in total. The molecule has 2 nitrogen and oxygen atoms in total. The smallest absolute Gasteiger partial charge is 0.256 e. The average molecular weight is 350 g/mol. The van der Waals surface area contributed by atoms with Gasteiger partial charge in [-0.3, -0.25) is 4.79 Å². The molecule has 1 aromatic heterocycles. The fourth-order valence-corrected chi connectivity index (χ4v) is 3.22. The number of hydrogen-bond acceptors (Lipinski definition) is 2. The van der Waals surface area contributed by atoms with E-state index >= 15 is 0 Å². The molecule has 0 fully saturated rings. The molecule has 0 aliphatic carbocycles. The number of carbonyl (C=O) groups excluding carboxylic acids is 1. The Balaban J connectivity index is 1.87. The highest BCUT2D eigenvalue weighted by molar-refractivity contribution is 9.10. The lowest BCUT2D eigenvalue weighted by atomic mass is 10.2. The third kappa shape index (κ3) is 2.59. The number of rotatable bonds is 2. The van der Waals surface area contributed by atoms with Crippen LogP contribution in [0.3, 0.4) is 0 Å². The van der Waals surface area contributed by atoms with Gasteiger partial charge in [0, 0.05) is 14.9 Å². The van der Waals surface area contributed by atoms with Crippen molar-refractivity contribution in [2.24, 2.45) is 0 Å². The number of halogens is 2. The van der Waals surface area contributed by atoms with Gasteiger partial charge in [-0.2, -0.15) is 0 Å². The molecule has 0 atom stereocenters. The minimum absolute atomic E-state index is 0.272. The van der Waals surface area contributed by atoms with Crippen LogP contribution in [-0.4, -0.2) is 5.91 Å². The van der Waals surface area contributed by atoms with Crippen LogP contribution in [0.5, 0.6) is 0 Å². The number of thiophene rings is 1. The molecule has 0 bridgehead atoms. The first-order chi connectivity index (χ1) is 9.63. The van der Waals surface area contributed by atoms with Crippen molar-refractivity contribution in [1.29, 1.82) is 0 Å². The molecule has 20 heavy (non-hydrogen) atoms. The summed E-state index contributed by atoms with van der Waals surface area (Å²) in [5.74, 6) is -0.653. The molecule has 0 radical (unpaired) electrons. The van der Waals surface area contributed by atoms with E-state index in [2.05, 4.69) is 21.2 Å². The Morgan fingerprint density at radius 1 is 1.15 bits per heavy atom. The van der Waals surface area contributed by atoms with Gasteiger partial charge in [-0.1, -0.05) is 0 Å². The van der Waals surface area contributed by atoms with E-state index in [1.165, 1.54) is 22.9 Å². The Bertz CT molecular complexity index is 799. The summed E-state index contributed by atoms with van der Waals surface area (Å²) in [6, 6.07) is 11.7. The summed E-state index contributed by atoms with van der Waals surface area (Å²) in [4.78, 5) is 12.2. The molecular formula is C15H9BrFNOS.